The molecule has 0 aromatic carbocycles. The van der Waals surface area contributed by atoms with Gasteiger partial charge in [-0.1, -0.05) is 64.7 Å². The van der Waals surface area contributed by atoms with Crippen molar-refractivity contribution >= 4 is 11.9 Å². The second kappa shape index (κ2) is 21.2. The maximum atomic E-state index is 11.6. The molecule has 0 aliphatic heterocycles. The lowest BCUT2D eigenvalue weighted by Crippen LogP contribution is -2.07. The van der Waals surface area contributed by atoms with Crippen molar-refractivity contribution in [3.05, 3.63) is 0 Å². The lowest BCUT2D eigenvalue weighted by Gasteiger charge is -2.06. The third-order valence-corrected chi connectivity index (χ3v) is 4.53. The number of ether oxygens (including phenoxy) is 3. The van der Waals surface area contributed by atoms with Crippen LogP contribution in [-0.4, -0.2) is 38.9 Å². The Morgan fingerprint density at radius 1 is 0.556 bits per heavy atom. The molecule has 0 aliphatic rings. The summed E-state index contributed by atoms with van der Waals surface area (Å²) >= 11 is 0. The molecule has 0 fully saturated rings. The van der Waals surface area contributed by atoms with Crippen LogP contribution in [0.2, 0.25) is 0 Å². The van der Waals surface area contributed by atoms with Gasteiger partial charge < -0.3 is 14.2 Å². The number of esters is 2. The fraction of sp³-hybridized carbons (Fsp3) is 0.909. The molecule has 0 aliphatic carbocycles. The van der Waals surface area contributed by atoms with Crippen molar-refractivity contribution in [3.8, 4) is 0 Å². The van der Waals surface area contributed by atoms with Gasteiger partial charge in [-0.05, 0) is 19.3 Å². The first-order valence-corrected chi connectivity index (χ1v) is 11.0. The number of methoxy groups -OCH3 is 1. The van der Waals surface area contributed by atoms with Crippen LogP contribution >= 0.6 is 0 Å². The van der Waals surface area contributed by atoms with E-state index in [0.29, 0.717) is 32.7 Å². The third kappa shape index (κ3) is 21.1. The molecule has 0 atom stereocenters. The molecule has 0 aromatic rings. The van der Waals surface area contributed by atoms with E-state index in [9.17, 15) is 9.59 Å². The van der Waals surface area contributed by atoms with E-state index >= 15 is 0 Å². The summed E-state index contributed by atoms with van der Waals surface area (Å²) in [4.78, 5) is 23.1. The van der Waals surface area contributed by atoms with Gasteiger partial charge in [0.15, 0.2) is 0 Å². The highest BCUT2D eigenvalue weighted by atomic mass is 16.5. The highest BCUT2D eigenvalue weighted by Gasteiger charge is 2.04. The zero-order chi connectivity index (χ0) is 20.0. The van der Waals surface area contributed by atoms with Gasteiger partial charge in [0.1, 0.15) is 0 Å². The maximum Gasteiger partial charge on any atom is 0.305 e. The van der Waals surface area contributed by atoms with Gasteiger partial charge in [-0.15, -0.1) is 0 Å². The largest absolute Gasteiger partial charge is 0.466 e. The summed E-state index contributed by atoms with van der Waals surface area (Å²) in [5.74, 6) is -0.168. The van der Waals surface area contributed by atoms with Crippen LogP contribution in [-0.2, 0) is 23.8 Å². The second-order valence-electron chi connectivity index (χ2n) is 7.18. The maximum absolute atomic E-state index is 11.6. The minimum Gasteiger partial charge on any atom is -0.466 e. The first-order chi connectivity index (χ1) is 13.2. The van der Waals surface area contributed by atoms with E-state index < -0.39 is 0 Å². The monoisotopic (exact) mass is 386 g/mol. The predicted octanol–water partition coefficient (Wildman–Crippen LogP) is 5.59. The number of unbranched alkanes of at least 4 members (excludes halogenated alkanes) is 10. The molecular weight excluding hydrogens is 344 g/mol. The predicted molar refractivity (Wildman–Crippen MR) is 109 cm³/mol. The van der Waals surface area contributed by atoms with E-state index in [4.69, 9.17) is 14.2 Å². The Balaban J connectivity index is 3.25. The van der Waals surface area contributed by atoms with E-state index in [2.05, 4.69) is 6.92 Å². The fourth-order valence-corrected chi connectivity index (χ4v) is 2.85. The molecule has 0 heterocycles. The van der Waals surface area contributed by atoms with Gasteiger partial charge in [-0.25, -0.2) is 0 Å². The second-order valence-corrected chi connectivity index (χ2v) is 7.18. The van der Waals surface area contributed by atoms with Gasteiger partial charge in [0.25, 0.3) is 0 Å². The van der Waals surface area contributed by atoms with Crippen LogP contribution in [0.4, 0.5) is 0 Å². The summed E-state index contributed by atoms with van der Waals surface area (Å²) in [5, 5.41) is 0. The van der Waals surface area contributed by atoms with Crippen molar-refractivity contribution in [1.82, 2.24) is 0 Å². The highest BCUT2D eigenvalue weighted by molar-refractivity contribution is 5.69. The van der Waals surface area contributed by atoms with Crippen molar-refractivity contribution in [1.29, 1.82) is 0 Å². The average Bonchev–Trinajstić information content (AvgIpc) is 2.66. The number of hydrogen-bond donors (Lipinski definition) is 0. The lowest BCUT2D eigenvalue weighted by atomic mass is 10.1. The van der Waals surface area contributed by atoms with Crippen LogP contribution in [0, 0.1) is 0 Å². The molecule has 0 N–H and O–H groups in total. The topological polar surface area (TPSA) is 61.8 Å². The van der Waals surface area contributed by atoms with E-state index in [0.717, 1.165) is 57.8 Å². The van der Waals surface area contributed by atoms with Gasteiger partial charge in [0.05, 0.1) is 13.2 Å². The van der Waals surface area contributed by atoms with E-state index in [1.165, 1.54) is 25.7 Å². The molecule has 0 rings (SSSR count). The Labute approximate surface area is 166 Å². The van der Waals surface area contributed by atoms with Gasteiger partial charge in [0.2, 0.25) is 0 Å². The summed E-state index contributed by atoms with van der Waals surface area (Å²) in [6, 6.07) is 0. The first kappa shape index (κ1) is 25.9. The summed E-state index contributed by atoms with van der Waals surface area (Å²) in [6.07, 6.45) is 15.1. The molecule has 5 nitrogen and oxygen atoms in total. The summed E-state index contributed by atoms with van der Waals surface area (Å²) < 4.78 is 15.3. The van der Waals surface area contributed by atoms with Gasteiger partial charge in [0, 0.05) is 33.0 Å². The minimum atomic E-state index is -0.112. The van der Waals surface area contributed by atoms with E-state index in [1.54, 1.807) is 7.11 Å². The van der Waals surface area contributed by atoms with Crippen molar-refractivity contribution in [2.24, 2.45) is 0 Å². The minimum absolute atomic E-state index is 0.0558. The fourth-order valence-electron chi connectivity index (χ4n) is 2.85. The zero-order valence-electron chi connectivity index (χ0n) is 17.8. The molecule has 27 heavy (non-hydrogen) atoms. The molecule has 0 amide bonds. The van der Waals surface area contributed by atoms with Crippen molar-refractivity contribution in [2.45, 2.75) is 103 Å². The van der Waals surface area contributed by atoms with Crippen LogP contribution in [0.5, 0.6) is 0 Å². The number of rotatable bonds is 20. The molecule has 0 unspecified atom stereocenters. The van der Waals surface area contributed by atoms with Crippen LogP contribution < -0.4 is 0 Å². The Bertz CT molecular complexity index is 344. The van der Waals surface area contributed by atoms with Crippen molar-refractivity contribution in [3.63, 3.8) is 0 Å². The Morgan fingerprint density at radius 2 is 1.00 bits per heavy atom. The van der Waals surface area contributed by atoms with Gasteiger partial charge in [-0.3, -0.25) is 9.59 Å². The summed E-state index contributed by atoms with van der Waals surface area (Å²) in [6.45, 7) is 3.86. The standard InChI is InChI=1S/C22H42O5/c1-3-4-5-6-11-14-19-26-21(23)16-12-9-7-8-10-13-17-22(24)27-20-15-18-25-2/h3-20H2,1-2H3. The average molecular weight is 387 g/mol. The molecule has 5 heteroatoms. The molecule has 0 aromatic heterocycles. The molecule has 0 bridgehead atoms. The molecular formula is C22H42O5. The van der Waals surface area contributed by atoms with Gasteiger partial charge >= 0.3 is 11.9 Å². The third-order valence-electron chi connectivity index (χ3n) is 4.53. The molecule has 0 saturated carbocycles. The van der Waals surface area contributed by atoms with Crippen LogP contribution in [0.25, 0.3) is 0 Å². The van der Waals surface area contributed by atoms with Crippen molar-refractivity contribution in [2.75, 3.05) is 26.9 Å². The Morgan fingerprint density at radius 3 is 1.52 bits per heavy atom. The van der Waals surface area contributed by atoms with Crippen LogP contribution in [0.15, 0.2) is 0 Å². The van der Waals surface area contributed by atoms with E-state index in [-0.39, 0.29) is 11.9 Å². The number of carbonyl (C=O) groups excluding carboxylic acids is 2. The van der Waals surface area contributed by atoms with Crippen LogP contribution in [0.1, 0.15) is 103 Å². The SMILES string of the molecule is CCCCCCCCOC(=O)CCCCCCCCC(=O)OCCCOC. The molecule has 0 saturated heterocycles. The Kier molecular flexibility index (Phi) is 20.3. The smallest absolute Gasteiger partial charge is 0.305 e. The summed E-state index contributed by atoms with van der Waals surface area (Å²) in [5.41, 5.74) is 0. The zero-order valence-corrected chi connectivity index (χ0v) is 17.8. The molecule has 0 radical (unpaired) electrons. The highest BCUT2D eigenvalue weighted by Crippen LogP contribution is 2.10. The van der Waals surface area contributed by atoms with E-state index in [1.807, 2.05) is 0 Å². The number of hydrogen-bond acceptors (Lipinski definition) is 5. The summed E-state index contributed by atoms with van der Waals surface area (Å²) in [7, 11) is 1.64. The lowest BCUT2D eigenvalue weighted by molar-refractivity contribution is -0.145. The molecule has 160 valence electrons. The first-order valence-electron chi connectivity index (χ1n) is 11.0. The normalized spacial score (nSPS) is 10.7. The number of carbonyl (C=O) groups is 2. The quantitative estimate of drug-likeness (QED) is 0.202. The van der Waals surface area contributed by atoms with Gasteiger partial charge in [-0.2, -0.15) is 0 Å². The van der Waals surface area contributed by atoms with Crippen molar-refractivity contribution < 1.29 is 23.8 Å². The van der Waals surface area contributed by atoms with Crippen LogP contribution in [0.3, 0.4) is 0 Å². The molecule has 0 spiro atoms. The Hall–Kier alpha value is -1.10.